The number of carbonyl (C=O) groups excluding carboxylic acids is 1. The highest BCUT2D eigenvalue weighted by molar-refractivity contribution is 7.90. The number of aryl methyl sites for hydroxylation is 1. The van der Waals surface area contributed by atoms with Crippen LogP contribution in [0.1, 0.15) is 34.3 Å². The summed E-state index contributed by atoms with van der Waals surface area (Å²) in [4.78, 5) is 15.0. The van der Waals surface area contributed by atoms with Crippen molar-refractivity contribution in [1.82, 2.24) is 4.90 Å². The van der Waals surface area contributed by atoms with Gasteiger partial charge in [0.15, 0.2) is 9.84 Å². The van der Waals surface area contributed by atoms with Crippen molar-refractivity contribution in [3.8, 4) is 0 Å². The molecular formula is C22H26N2O3S. The Hall–Kier alpha value is -2.18. The molecule has 3 unspecified atom stereocenters. The van der Waals surface area contributed by atoms with Gasteiger partial charge in [-0.3, -0.25) is 4.79 Å². The first-order chi connectivity index (χ1) is 13.3. The third-order valence-corrected chi connectivity index (χ3v) is 7.84. The number of likely N-dealkylation sites (tertiary alicyclic amines) is 1. The third kappa shape index (κ3) is 3.71. The zero-order valence-electron chi connectivity index (χ0n) is 16.0. The van der Waals surface area contributed by atoms with Crippen molar-refractivity contribution in [3.05, 3.63) is 65.2 Å². The van der Waals surface area contributed by atoms with Gasteiger partial charge in [0.05, 0.1) is 10.6 Å². The van der Waals surface area contributed by atoms with E-state index in [1.54, 1.807) is 48.5 Å². The lowest BCUT2D eigenvalue weighted by Crippen LogP contribution is -2.33. The van der Waals surface area contributed by atoms with Gasteiger partial charge in [0.2, 0.25) is 0 Å². The average molecular weight is 399 g/mol. The summed E-state index contributed by atoms with van der Waals surface area (Å²) in [6.45, 7) is 3.43. The minimum atomic E-state index is -3.40. The second-order valence-corrected chi connectivity index (χ2v) is 10.1. The molecule has 1 saturated carbocycles. The van der Waals surface area contributed by atoms with Gasteiger partial charge in [-0.2, -0.15) is 0 Å². The minimum absolute atomic E-state index is 0.00883. The van der Waals surface area contributed by atoms with Crippen molar-refractivity contribution in [1.29, 1.82) is 0 Å². The molecule has 0 radical (unpaired) electrons. The highest BCUT2D eigenvalue weighted by Crippen LogP contribution is 2.37. The number of nitrogens with zero attached hydrogens (tertiary/aromatic N) is 1. The van der Waals surface area contributed by atoms with E-state index in [2.05, 4.69) is 0 Å². The number of fused-ring (bicyclic) bond motifs is 1. The Morgan fingerprint density at radius 3 is 2.36 bits per heavy atom. The number of carbonyl (C=O) groups is 1. The number of rotatable bonds is 4. The molecule has 3 atom stereocenters. The molecule has 0 spiro atoms. The molecule has 2 fully saturated rings. The van der Waals surface area contributed by atoms with Crippen LogP contribution in [0.5, 0.6) is 0 Å². The van der Waals surface area contributed by atoms with Crippen LogP contribution in [-0.2, 0) is 15.6 Å². The summed E-state index contributed by atoms with van der Waals surface area (Å²) in [6, 6.07) is 14.0. The molecule has 0 bridgehead atoms. The van der Waals surface area contributed by atoms with Crippen molar-refractivity contribution >= 4 is 15.7 Å². The Morgan fingerprint density at radius 1 is 1.04 bits per heavy atom. The van der Waals surface area contributed by atoms with Crippen LogP contribution >= 0.6 is 0 Å². The van der Waals surface area contributed by atoms with Crippen molar-refractivity contribution in [2.75, 3.05) is 13.1 Å². The van der Waals surface area contributed by atoms with Crippen LogP contribution in [0.2, 0.25) is 0 Å². The second-order valence-electron chi connectivity index (χ2n) is 8.14. The van der Waals surface area contributed by atoms with Gasteiger partial charge in [-0.1, -0.05) is 29.8 Å². The number of nitrogens with two attached hydrogens (primary N) is 1. The number of amides is 1. The SMILES string of the molecule is Cc1ccc(S(=O)(=O)Cc2ccc(C(=O)N3CC4CCC(N)C4C3)cc2)cc1. The molecule has 2 N–H and O–H groups in total. The van der Waals surface area contributed by atoms with Gasteiger partial charge in [0.1, 0.15) is 0 Å². The summed E-state index contributed by atoms with van der Waals surface area (Å²) < 4.78 is 25.2. The van der Waals surface area contributed by atoms with Crippen LogP contribution in [0.4, 0.5) is 0 Å². The molecule has 1 heterocycles. The van der Waals surface area contributed by atoms with Crippen LogP contribution in [0.3, 0.4) is 0 Å². The van der Waals surface area contributed by atoms with Gasteiger partial charge in [0, 0.05) is 24.7 Å². The second kappa shape index (κ2) is 7.33. The van der Waals surface area contributed by atoms with E-state index >= 15 is 0 Å². The summed E-state index contributed by atoms with van der Waals surface area (Å²) in [5.41, 5.74) is 8.46. The number of sulfone groups is 1. The molecule has 6 heteroatoms. The van der Waals surface area contributed by atoms with Crippen LogP contribution < -0.4 is 5.73 Å². The molecule has 2 aromatic carbocycles. The molecule has 1 aliphatic heterocycles. The van der Waals surface area contributed by atoms with Gasteiger partial charge >= 0.3 is 0 Å². The van der Waals surface area contributed by atoms with Gasteiger partial charge in [-0.15, -0.1) is 0 Å². The van der Waals surface area contributed by atoms with Crippen LogP contribution in [0, 0.1) is 18.8 Å². The topological polar surface area (TPSA) is 80.5 Å². The first kappa shape index (κ1) is 19.2. The summed E-state index contributed by atoms with van der Waals surface area (Å²) in [5.74, 6) is 0.878. The Bertz CT molecular complexity index is 968. The lowest BCUT2D eigenvalue weighted by atomic mass is 9.98. The number of hydrogen-bond donors (Lipinski definition) is 1. The molecule has 2 aromatic rings. The van der Waals surface area contributed by atoms with Gasteiger partial charge in [0.25, 0.3) is 5.91 Å². The maximum Gasteiger partial charge on any atom is 0.253 e. The fourth-order valence-electron chi connectivity index (χ4n) is 4.45. The molecule has 1 amide bonds. The quantitative estimate of drug-likeness (QED) is 0.859. The van der Waals surface area contributed by atoms with Crippen LogP contribution in [-0.4, -0.2) is 38.4 Å². The lowest BCUT2D eigenvalue weighted by Gasteiger charge is -2.19. The Labute approximate surface area is 166 Å². The molecule has 5 nitrogen and oxygen atoms in total. The monoisotopic (exact) mass is 398 g/mol. The maximum atomic E-state index is 12.8. The number of hydrogen-bond acceptors (Lipinski definition) is 4. The summed E-state index contributed by atoms with van der Waals surface area (Å²) in [7, 11) is -3.40. The zero-order valence-corrected chi connectivity index (χ0v) is 16.9. The largest absolute Gasteiger partial charge is 0.338 e. The van der Waals surface area contributed by atoms with Crippen LogP contribution in [0.15, 0.2) is 53.4 Å². The molecule has 28 heavy (non-hydrogen) atoms. The first-order valence-electron chi connectivity index (χ1n) is 9.77. The number of benzene rings is 2. The van der Waals surface area contributed by atoms with Gasteiger partial charge in [-0.05, 0) is 61.4 Å². The standard InChI is InChI=1S/C22H26N2O3S/c1-15-2-9-19(10-3-15)28(26,27)14-16-4-6-17(7-5-16)22(25)24-12-18-8-11-21(23)20(18)13-24/h2-7,9-10,18,20-21H,8,11-14,23H2,1H3. The highest BCUT2D eigenvalue weighted by atomic mass is 32.2. The van der Waals surface area contributed by atoms with Crippen LogP contribution in [0.25, 0.3) is 0 Å². The third-order valence-electron chi connectivity index (χ3n) is 6.14. The fraction of sp³-hybridized carbons (Fsp3) is 0.409. The molecule has 1 saturated heterocycles. The zero-order chi connectivity index (χ0) is 19.9. The summed E-state index contributed by atoms with van der Waals surface area (Å²) in [5, 5.41) is 0. The Morgan fingerprint density at radius 2 is 1.71 bits per heavy atom. The normalized spacial score (nSPS) is 24.4. The summed E-state index contributed by atoms with van der Waals surface area (Å²) >= 11 is 0. The van der Waals surface area contributed by atoms with Crippen molar-refractivity contribution in [3.63, 3.8) is 0 Å². The van der Waals surface area contributed by atoms with Gasteiger partial charge < -0.3 is 10.6 Å². The van der Waals surface area contributed by atoms with E-state index in [1.165, 1.54) is 0 Å². The van der Waals surface area contributed by atoms with Crippen molar-refractivity contribution in [2.45, 2.75) is 36.5 Å². The van der Waals surface area contributed by atoms with Gasteiger partial charge in [-0.25, -0.2) is 8.42 Å². The van der Waals surface area contributed by atoms with E-state index in [0.717, 1.165) is 31.5 Å². The van der Waals surface area contributed by atoms with E-state index in [0.29, 0.717) is 27.9 Å². The molecule has 0 aromatic heterocycles. The maximum absolute atomic E-state index is 12.8. The lowest BCUT2D eigenvalue weighted by molar-refractivity contribution is 0.0779. The molecule has 1 aliphatic carbocycles. The average Bonchev–Trinajstić information content (AvgIpc) is 3.24. The molecule has 2 aliphatic rings. The Kier molecular flexibility index (Phi) is 5.02. The van der Waals surface area contributed by atoms with E-state index in [4.69, 9.17) is 5.73 Å². The van der Waals surface area contributed by atoms with E-state index < -0.39 is 9.84 Å². The van der Waals surface area contributed by atoms with Crippen molar-refractivity contribution in [2.24, 2.45) is 17.6 Å². The molecule has 4 rings (SSSR count). The molecule has 148 valence electrons. The van der Waals surface area contributed by atoms with E-state index in [-0.39, 0.29) is 17.7 Å². The predicted octanol–water partition coefficient (Wildman–Crippen LogP) is 2.78. The van der Waals surface area contributed by atoms with E-state index in [9.17, 15) is 13.2 Å². The highest BCUT2D eigenvalue weighted by Gasteiger charge is 2.42. The minimum Gasteiger partial charge on any atom is -0.338 e. The first-order valence-corrected chi connectivity index (χ1v) is 11.4. The fourth-order valence-corrected chi connectivity index (χ4v) is 5.80. The molecular weight excluding hydrogens is 372 g/mol. The Balaban J connectivity index is 1.44. The van der Waals surface area contributed by atoms with E-state index in [1.807, 2.05) is 11.8 Å². The predicted molar refractivity (Wildman–Crippen MR) is 109 cm³/mol. The summed E-state index contributed by atoms with van der Waals surface area (Å²) in [6.07, 6.45) is 2.16. The smallest absolute Gasteiger partial charge is 0.253 e. The van der Waals surface area contributed by atoms with Crippen molar-refractivity contribution < 1.29 is 13.2 Å².